The molecule has 0 saturated carbocycles. The molecule has 0 radical (unpaired) electrons. The number of benzene rings is 5. The van der Waals surface area contributed by atoms with Crippen LogP contribution in [0, 0.1) is 0 Å². The molecule has 0 heterocycles. The van der Waals surface area contributed by atoms with E-state index in [4.69, 9.17) is 27.9 Å². The number of halogens is 2. The molecule has 5 aromatic rings. The lowest BCUT2D eigenvalue weighted by Gasteiger charge is -2.20. The first kappa shape index (κ1) is 29.2. The first-order chi connectivity index (χ1) is 20.3. The molecule has 1 amide bonds. The van der Waals surface area contributed by atoms with Crippen molar-refractivity contribution in [1.82, 2.24) is 5.32 Å². The molecule has 212 valence electrons. The lowest BCUT2D eigenvalue weighted by molar-refractivity contribution is 0.0953. The number of ether oxygens (including phenoxy) is 1. The van der Waals surface area contributed by atoms with Gasteiger partial charge >= 0.3 is 0 Å². The Hall–Kier alpha value is -4.30. The Bertz CT molecular complexity index is 1740. The van der Waals surface area contributed by atoms with E-state index < -0.39 is 15.9 Å². The molecule has 9 heteroatoms. The minimum absolute atomic E-state index is 0.0106. The third-order valence-corrected chi connectivity index (χ3v) is 8.47. The highest BCUT2D eigenvalue weighted by molar-refractivity contribution is 7.92. The number of sulfonamides is 1. The Kier molecular flexibility index (Phi) is 9.12. The van der Waals surface area contributed by atoms with Crippen molar-refractivity contribution < 1.29 is 17.9 Å². The van der Waals surface area contributed by atoms with Crippen LogP contribution in [0.2, 0.25) is 10.0 Å². The summed E-state index contributed by atoms with van der Waals surface area (Å²) in [7, 11) is -4.05. The van der Waals surface area contributed by atoms with Crippen LogP contribution in [-0.4, -0.2) is 20.9 Å². The van der Waals surface area contributed by atoms with Gasteiger partial charge in [0.1, 0.15) is 11.5 Å². The Labute approximate surface area is 254 Å². The molecule has 0 saturated heterocycles. The highest BCUT2D eigenvalue weighted by atomic mass is 35.5. The maximum atomic E-state index is 13.4. The number of amides is 1. The highest BCUT2D eigenvalue weighted by Gasteiger charge is 2.21. The minimum atomic E-state index is -4.05. The van der Waals surface area contributed by atoms with E-state index in [1.165, 1.54) is 42.5 Å². The molecule has 42 heavy (non-hydrogen) atoms. The van der Waals surface area contributed by atoms with E-state index in [0.29, 0.717) is 28.1 Å². The van der Waals surface area contributed by atoms with E-state index in [9.17, 15) is 13.2 Å². The van der Waals surface area contributed by atoms with E-state index in [1.54, 1.807) is 24.3 Å². The average molecular weight is 618 g/mol. The van der Waals surface area contributed by atoms with Crippen LogP contribution in [0.1, 0.15) is 27.4 Å². The Morgan fingerprint density at radius 2 is 1.33 bits per heavy atom. The van der Waals surface area contributed by atoms with Gasteiger partial charge in [-0.1, -0.05) is 96.0 Å². The zero-order valence-electron chi connectivity index (χ0n) is 22.2. The van der Waals surface area contributed by atoms with Crippen LogP contribution >= 0.6 is 23.2 Å². The van der Waals surface area contributed by atoms with Gasteiger partial charge in [0, 0.05) is 17.5 Å². The summed E-state index contributed by atoms with van der Waals surface area (Å²) in [6, 6.07) is 37.0. The van der Waals surface area contributed by atoms with Crippen LogP contribution in [0.5, 0.6) is 11.5 Å². The van der Waals surface area contributed by atoms with Crippen LogP contribution in [0.4, 0.5) is 5.69 Å². The fraction of sp³-hybridized carbons (Fsp3) is 0.0606. The van der Waals surface area contributed by atoms with Crippen LogP contribution < -0.4 is 14.8 Å². The summed E-state index contributed by atoms with van der Waals surface area (Å²) in [5.41, 5.74) is 2.28. The number of para-hydroxylation sites is 1. The molecule has 0 aliphatic heterocycles. The standard InChI is InChI=1S/C33H26Cl2N2O4S/c34-25-15-20-31(37-42(39,40)27-18-16-26(17-19-27)41-32-14-8-7-13-30(32)35)28(21-25)33(38)36-22-29(23-9-3-1-4-10-23)24-11-5-2-6-12-24/h1-21,29,37H,22H2,(H,36,38). The van der Waals surface area contributed by atoms with Crippen LogP contribution in [0.15, 0.2) is 132 Å². The van der Waals surface area contributed by atoms with Crippen LogP contribution in [-0.2, 0) is 10.0 Å². The van der Waals surface area contributed by atoms with Crippen molar-refractivity contribution in [2.45, 2.75) is 10.8 Å². The van der Waals surface area contributed by atoms with Crippen molar-refractivity contribution >= 4 is 44.8 Å². The third kappa shape index (κ3) is 7.12. The maximum absolute atomic E-state index is 13.4. The fourth-order valence-electron chi connectivity index (χ4n) is 4.43. The summed E-state index contributed by atoms with van der Waals surface area (Å²) in [4.78, 5) is 13.4. The molecule has 0 spiro atoms. The molecule has 0 aliphatic carbocycles. The van der Waals surface area contributed by atoms with Crippen molar-refractivity contribution in [1.29, 1.82) is 0 Å². The van der Waals surface area contributed by atoms with Gasteiger partial charge in [-0.2, -0.15) is 0 Å². The van der Waals surface area contributed by atoms with E-state index in [0.717, 1.165) is 11.1 Å². The molecule has 0 aromatic heterocycles. The van der Waals surface area contributed by atoms with Crippen LogP contribution in [0.3, 0.4) is 0 Å². The van der Waals surface area contributed by atoms with Gasteiger partial charge in [0.05, 0.1) is 21.2 Å². The Morgan fingerprint density at radius 1 is 0.738 bits per heavy atom. The summed E-state index contributed by atoms with van der Waals surface area (Å²) in [6.07, 6.45) is 0. The molecule has 0 aliphatic rings. The molecular formula is C33H26Cl2N2O4S. The minimum Gasteiger partial charge on any atom is -0.456 e. The molecule has 6 nitrogen and oxygen atoms in total. The summed E-state index contributed by atoms with van der Waals surface area (Å²) < 4.78 is 34.9. The van der Waals surface area contributed by atoms with E-state index in [-0.39, 0.29) is 22.1 Å². The number of rotatable bonds is 10. The van der Waals surface area contributed by atoms with E-state index in [2.05, 4.69) is 10.0 Å². The summed E-state index contributed by atoms with van der Waals surface area (Å²) >= 11 is 12.4. The van der Waals surface area contributed by atoms with E-state index in [1.807, 2.05) is 60.7 Å². The van der Waals surface area contributed by atoms with Crippen molar-refractivity contribution in [2.75, 3.05) is 11.3 Å². The number of nitrogens with one attached hydrogen (secondary N) is 2. The molecule has 0 bridgehead atoms. The van der Waals surface area contributed by atoms with Gasteiger partial charge in [-0.05, 0) is 65.7 Å². The van der Waals surface area contributed by atoms with Crippen molar-refractivity contribution in [2.24, 2.45) is 0 Å². The number of anilines is 1. The summed E-state index contributed by atoms with van der Waals surface area (Å²) in [6.45, 7) is 0.290. The predicted molar refractivity (Wildman–Crippen MR) is 167 cm³/mol. The molecule has 5 aromatic carbocycles. The molecule has 2 N–H and O–H groups in total. The largest absolute Gasteiger partial charge is 0.456 e. The Balaban J connectivity index is 1.34. The van der Waals surface area contributed by atoms with Crippen molar-refractivity contribution in [3.8, 4) is 11.5 Å². The summed E-state index contributed by atoms with van der Waals surface area (Å²) in [5.74, 6) is 0.296. The SMILES string of the molecule is O=C(NCC(c1ccccc1)c1ccccc1)c1cc(Cl)ccc1NS(=O)(=O)c1ccc(Oc2ccccc2Cl)cc1. The van der Waals surface area contributed by atoms with Gasteiger partial charge in [0.25, 0.3) is 15.9 Å². The topological polar surface area (TPSA) is 84.5 Å². The smallest absolute Gasteiger partial charge is 0.261 e. The lowest BCUT2D eigenvalue weighted by atomic mass is 9.91. The first-order valence-electron chi connectivity index (χ1n) is 13.0. The molecule has 0 atom stereocenters. The van der Waals surface area contributed by atoms with Crippen LogP contribution in [0.25, 0.3) is 0 Å². The van der Waals surface area contributed by atoms with Crippen molar-refractivity contribution in [3.05, 3.63) is 154 Å². The zero-order chi connectivity index (χ0) is 29.5. The maximum Gasteiger partial charge on any atom is 0.261 e. The number of hydrogen-bond donors (Lipinski definition) is 2. The number of carbonyl (C=O) groups is 1. The molecular weight excluding hydrogens is 591 g/mol. The molecule has 0 unspecified atom stereocenters. The zero-order valence-corrected chi connectivity index (χ0v) is 24.5. The average Bonchev–Trinajstić information content (AvgIpc) is 3.00. The molecule has 0 fully saturated rings. The monoisotopic (exact) mass is 616 g/mol. The predicted octanol–water partition coefficient (Wildman–Crippen LogP) is 8.15. The second kappa shape index (κ2) is 13.1. The van der Waals surface area contributed by atoms with Gasteiger partial charge in [-0.3, -0.25) is 9.52 Å². The quantitative estimate of drug-likeness (QED) is 0.166. The first-order valence-corrected chi connectivity index (χ1v) is 15.3. The number of carbonyl (C=O) groups excluding carboxylic acids is 1. The van der Waals surface area contributed by atoms with Gasteiger partial charge in [-0.15, -0.1) is 0 Å². The fourth-order valence-corrected chi connectivity index (χ4v) is 5.85. The second-order valence-corrected chi connectivity index (χ2v) is 11.9. The molecule has 5 rings (SSSR count). The van der Waals surface area contributed by atoms with Crippen molar-refractivity contribution in [3.63, 3.8) is 0 Å². The van der Waals surface area contributed by atoms with Gasteiger partial charge < -0.3 is 10.1 Å². The van der Waals surface area contributed by atoms with Gasteiger partial charge in [-0.25, -0.2) is 8.42 Å². The highest BCUT2D eigenvalue weighted by Crippen LogP contribution is 2.30. The number of hydrogen-bond acceptors (Lipinski definition) is 4. The second-order valence-electron chi connectivity index (χ2n) is 9.38. The normalized spacial score (nSPS) is 11.2. The third-order valence-electron chi connectivity index (χ3n) is 6.54. The van der Waals surface area contributed by atoms with E-state index >= 15 is 0 Å². The van der Waals surface area contributed by atoms with Gasteiger partial charge in [0.15, 0.2) is 0 Å². The Morgan fingerprint density at radius 3 is 1.95 bits per heavy atom. The lowest BCUT2D eigenvalue weighted by Crippen LogP contribution is -2.30. The van der Waals surface area contributed by atoms with Gasteiger partial charge in [0.2, 0.25) is 0 Å². The summed E-state index contributed by atoms with van der Waals surface area (Å²) in [5, 5.41) is 3.70.